The van der Waals surface area contributed by atoms with Gasteiger partial charge in [-0.2, -0.15) is 0 Å². The smallest absolute Gasteiger partial charge is 0.333 e. The maximum absolute atomic E-state index is 13.3. The molecule has 2 aromatic heterocycles. The maximum atomic E-state index is 13.3. The van der Waals surface area contributed by atoms with E-state index in [0.717, 1.165) is 10.1 Å². The Morgan fingerprint density at radius 3 is 2.33 bits per heavy atom. The van der Waals surface area contributed by atoms with Gasteiger partial charge in [-0.15, -0.1) is 0 Å². The molecule has 0 aliphatic rings. The lowest BCUT2D eigenvalue weighted by atomic mass is 10.2. The Kier molecular flexibility index (Phi) is 6.54. The van der Waals surface area contributed by atoms with Crippen molar-refractivity contribution in [2.24, 2.45) is 5.92 Å². The maximum Gasteiger partial charge on any atom is 0.333 e. The minimum absolute atomic E-state index is 0.250. The van der Waals surface area contributed by atoms with E-state index in [4.69, 9.17) is 0 Å². The highest BCUT2D eigenvalue weighted by Crippen LogP contribution is 2.12. The first-order valence-corrected chi connectivity index (χ1v) is 10.4. The number of nitrogens with zero attached hydrogens (tertiary/aromatic N) is 5. The Hall–Kier alpha value is -3.16. The van der Waals surface area contributed by atoms with E-state index in [1.165, 1.54) is 4.57 Å². The number of amides is 1. The van der Waals surface area contributed by atoms with Crippen LogP contribution in [0.1, 0.15) is 33.3 Å². The van der Waals surface area contributed by atoms with Gasteiger partial charge in [0.2, 0.25) is 5.91 Å². The third-order valence-corrected chi connectivity index (χ3v) is 5.14. The first-order chi connectivity index (χ1) is 14.4. The zero-order chi connectivity index (χ0) is 21.8. The largest absolute Gasteiger partial charge is 0.342 e. The molecule has 1 amide bonds. The standard InChI is InChI=1S/C22H29N5O3/c1-5-24(6-2)18(28)14-27-21(29)19-20(23-15-25(19)12-16(3)4)26(22(27)30)13-17-10-8-7-9-11-17/h7-11,15-16H,5-6,12-14H2,1-4H3. The van der Waals surface area contributed by atoms with E-state index in [1.54, 1.807) is 15.8 Å². The SMILES string of the molecule is CCN(CC)C(=O)Cn1c(=O)c2c(ncn2CC(C)C)n(Cc2ccccc2)c1=O. The minimum Gasteiger partial charge on any atom is -0.342 e. The summed E-state index contributed by atoms with van der Waals surface area (Å²) in [6.45, 7) is 9.48. The van der Waals surface area contributed by atoms with Crippen LogP contribution in [0.3, 0.4) is 0 Å². The van der Waals surface area contributed by atoms with Crippen molar-refractivity contribution in [3.63, 3.8) is 0 Å². The van der Waals surface area contributed by atoms with Crippen molar-refractivity contribution in [1.29, 1.82) is 0 Å². The fraction of sp³-hybridized carbons (Fsp3) is 0.455. The molecule has 8 heteroatoms. The van der Waals surface area contributed by atoms with Crippen molar-refractivity contribution in [2.75, 3.05) is 13.1 Å². The predicted molar refractivity (Wildman–Crippen MR) is 117 cm³/mol. The lowest BCUT2D eigenvalue weighted by molar-refractivity contribution is -0.131. The van der Waals surface area contributed by atoms with Gasteiger partial charge in [-0.3, -0.25) is 14.2 Å². The highest BCUT2D eigenvalue weighted by molar-refractivity contribution is 5.76. The van der Waals surface area contributed by atoms with Crippen molar-refractivity contribution in [1.82, 2.24) is 23.6 Å². The lowest BCUT2D eigenvalue weighted by Crippen LogP contribution is -2.45. The van der Waals surface area contributed by atoms with E-state index in [2.05, 4.69) is 4.98 Å². The van der Waals surface area contributed by atoms with Crippen LogP contribution in [0.15, 0.2) is 46.2 Å². The Labute approximate surface area is 175 Å². The number of imidazole rings is 1. The van der Waals surface area contributed by atoms with E-state index in [0.29, 0.717) is 36.7 Å². The van der Waals surface area contributed by atoms with Crippen LogP contribution in [0.2, 0.25) is 0 Å². The van der Waals surface area contributed by atoms with E-state index in [-0.39, 0.29) is 19.0 Å². The van der Waals surface area contributed by atoms with Gasteiger partial charge in [0.05, 0.1) is 12.9 Å². The van der Waals surface area contributed by atoms with E-state index < -0.39 is 11.2 Å². The summed E-state index contributed by atoms with van der Waals surface area (Å²) < 4.78 is 4.31. The van der Waals surface area contributed by atoms with E-state index >= 15 is 0 Å². The second-order valence-electron chi connectivity index (χ2n) is 7.77. The molecule has 0 radical (unpaired) electrons. The molecule has 0 N–H and O–H groups in total. The van der Waals surface area contributed by atoms with Crippen molar-refractivity contribution < 1.29 is 4.79 Å². The summed E-state index contributed by atoms with van der Waals surface area (Å²) in [7, 11) is 0. The fourth-order valence-corrected chi connectivity index (χ4v) is 3.63. The molecule has 0 aliphatic carbocycles. The number of rotatable bonds is 8. The highest BCUT2D eigenvalue weighted by atomic mass is 16.2. The van der Waals surface area contributed by atoms with Crippen LogP contribution in [-0.4, -0.2) is 42.6 Å². The normalized spacial score (nSPS) is 11.4. The number of hydrogen-bond acceptors (Lipinski definition) is 4. The molecular formula is C22H29N5O3. The number of carbonyl (C=O) groups is 1. The van der Waals surface area contributed by atoms with Gasteiger partial charge in [0.15, 0.2) is 11.2 Å². The van der Waals surface area contributed by atoms with Crippen LogP contribution in [-0.2, 0) is 24.4 Å². The van der Waals surface area contributed by atoms with Crippen molar-refractivity contribution in [3.05, 3.63) is 63.1 Å². The van der Waals surface area contributed by atoms with Gasteiger partial charge < -0.3 is 9.47 Å². The average molecular weight is 412 g/mol. The molecule has 0 bridgehead atoms. The monoisotopic (exact) mass is 411 g/mol. The molecular weight excluding hydrogens is 382 g/mol. The van der Waals surface area contributed by atoms with Gasteiger partial charge in [-0.25, -0.2) is 14.3 Å². The van der Waals surface area contributed by atoms with Crippen LogP contribution in [0.25, 0.3) is 11.2 Å². The second kappa shape index (κ2) is 9.11. The third-order valence-electron chi connectivity index (χ3n) is 5.14. The first-order valence-electron chi connectivity index (χ1n) is 10.4. The Bertz CT molecular complexity index is 1140. The molecule has 160 valence electrons. The summed E-state index contributed by atoms with van der Waals surface area (Å²) in [5.74, 6) is 0.0433. The van der Waals surface area contributed by atoms with Gasteiger partial charge in [-0.1, -0.05) is 44.2 Å². The summed E-state index contributed by atoms with van der Waals surface area (Å²) >= 11 is 0. The molecule has 1 aromatic carbocycles. The Morgan fingerprint density at radius 2 is 1.73 bits per heavy atom. The molecule has 0 saturated heterocycles. The molecule has 30 heavy (non-hydrogen) atoms. The van der Waals surface area contributed by atoms with Gasteiger partial charge in [-0.05, 0) is 25.3 Å². The van der Waals surface area contributed by atoms with Crippen LogP contribution in [0.5, 0.6) is 0 Å². The number of carbonyl (C=O) groups excluding carboxylic acids is 1. The van der Waals surface area contributed by atoms with Crippen molar-refractivity contribution >= 4 is 17.1 Å². The molecule has 2 heterocycles. The van der Waals surface area contributed by atoms with Gasteiger partial charge >= 0.3 is 5.69 Å². The fourth-order valence-electron chi connectivity index (χ4n) is 3.63. The van der Waals surface area contributed by atoms with Crippen LogP contribution >= 0.6 is 0 Å². The molecule has 0 saturated carbocycles. The molecule has 0 unspecified atom stereocenters. The van der Waals surface area contributed by atoms with Gasteiger partial charge in [0.1, 0.15) is 6.54 Å². The quantitative estimate of drug-likeness (QED) is 0.567. The minimum atomic E-state index is -0.522. The van der Waals surface area contributed by atoms with Crippen LogP contribution in [0.4, 0.5) is 0 Å². The summed E-state index contributed by atoms with van der Waals surface area (Å²) in [4.78, 5) is 45.2. The third kappa shape index (κ3) is 4.22. The van der Waals surface area contributed by atoms with Crippen molar-refractivity contribution in [3.8, 4) is 0 Å². The van der Waals surface area contributed by atoms with E-state index in [9.17, 15) is 14.4 Å². The van der Waals surface area contributed by atoms with Crippen LogP contribution in [0, 0.1) is 5.92 Å². The summed E-state index contributed by atoms with van der Waals surface area (Å²) in [5, 5.41) is 0. The average Bonchev–Trinajstić information content (AvgIpc) is 3.13. The van der Waals surface area contributed by atoms with Gasteiger partial charge in [0, 0.05) is 19.6 Å². The molecule has 0 aliphatic heterocycles. The Morgan fingerprint density at radius 1 is 1.07 bits per heavy atom. The van der Waals surface area contributed by atoms with Crippen molar-refractivity contribution in [2.45, 2.75) is 47.3 Å². The molecule has 0 fully saturated rings. The van der Waals surface area contributed by atoms with E-state index in [1.807, 2.05) is 58.0 Å². The highest BCUT2D eigenvalue weighted by Gasteiger charge is 2.21. The number of fused-ring (bicyclic) bond motifs is 1. The first kappa shape index (κ1) is 21.5. The summed E-state index contributed by atoms with van der Waals surface area (Å²) in [6.07, 6.45) is 1.60. The summed E-state index contributed by atoms with van der Waals surface area (Å²) in [5.41, 5.74) is 0.622. The number of likely N-dealkylation sites (N-methyl/N-ethyl adjacent to an activating group) is 1. The molecule has 0 atom stereocenters. The predicted octanol–water partition coefficient (Wildman–Crippen LogP) is 1.93. The number of hydrogen-bond donors (Lipinski definition) is 0. The topological polar surface area (TPSA) is 82.1 Å². The molecule has 3 aromatic rings. The number of aromatic nitrogens is 4. The second-order valence-corrected chi connectivity index (χ2v) is 7.77. The molecule has 0 spiro atoms. The Balaban J connectivity index is 2.20. The van der Waals surface area contributed by atoms with Crippen LogP contribution < -0.4 is 11.2 Å². The zero-order valence-corrected chi connectivity index (χ0v) is 18.0. The lowest BCUT2D eigenvalue weighted by Gasteiger charge is -2.19. The summed E-state index contributed by atoms with van der Waals surface area (Å²) in [6, 6.07) is 9.53. The number of benzene rings is 1. The molecule has 3 rings (SSSR count). The van der Waals surface area contributed by atoms with Gasteiger partial charge in [0.25, 0.3) is 5.56 Å². The zero-order valence-electron chi connectivity index (χ0n) is 18.0. The molecule has 8 nitrogen and oxygen atoms in total.